The standard InChI is InChI=1S/C97H76N4O8S4/c1-102-73-49-41-67(42-50-73)98(68-43-51-74(103-2)52-44-68)65-33-25-61(26-34-65)89-57-77-93(110-89)94-78(58-90(111-94)62-27-35-66(36-28-62)99(69-45-53-75(104-3)54-46-69)70-47-55-76(105-4)56-48-70)97(77)79-59-91(63-29-37-71(38-30-63)100(81-17-9-13-21-85(81)106-5)82-18-10-14-22-86(82)107-6)112-95(79)96-80(97)60-92(113-96)64-31-39-72(40-32-64)101(83-19-11-15-23-87(83)108-7)84-20-12-16-24-88(84)109-8/h9-60H,1-8H3. The van der Waals surface area contributed by atoms with Crippen molar-refractivity contribution in [3.05, 3.63) is 338 Å². The highest BCUT2D eigenvalue weighted by atomic mass is 32.1. The Morgan fingerprint density at radius 2 is 0.389 bits per heavy atom. The van der Waals surface area contributed by atoms with Gasteiger partial charge in [0.25, 0.3) is 0 Å². The maximum atomic E-state index is 6.05. The van der Waals surface area contributed by atoms with Crippen molar-refractivity contribution >= 4 is 114 Å². The van der Waals surface area contributed by atoms with Gasteiger partial charge in [0.2, 0.25) is 0 Å². The van der Waals surface area contributed by atoms with E-state index in [4.69, 9.17) is 37.9 Å². The second-order valence-corrected chi connectivity index (χ2v) is 31.4. The van der Waals surface area contributed by atoms with Crippen LogP contribution in [-0.4, -0.2) is 56.9 Å². The second kappa shape index (κ2) is 30.4. The van der Waals surface area contributed by atoms with E-state index in [1.807, 2.05) is 167 Å². The molecule has 0 amide bonds. The molecular weight excluding hydrogens is 1480 g/mol. The van der Waals surface area contributed by atoms with Crippen molar-refractivity contribution in [2.45, 2.75) is 5.41 Å². The van der Waals surface area contributed by atoms with Crippen LogP contribution in [0, 0.1) is 0 Å². The summed E-state index contributed by atoms with van der Waals surface area (Å²) in [4.78, 5) is 18.7. The van der Waals surface area contributed by atoms with E-state index in [1.165, 1.54) is 61.3 Å². The number of nitrogens with zero attached hydrogens (tertiary/aromatic N) is 4. The lowest BCUT2D eigenvalue weighted by Crippen LogP contribution is -2.24. The first-order chi connectivity index (χ1) is 55.6. The molecule has 0 saturated heterocycles. The summed E-state index contributed by atoms with van der Waals surface area (Å²) in [7, 11) is 13.7. The molecule has 4 aromatic heterocycles. The average molecular weight is 1550 g/mol. The topological polar surface area (TPSA) is 86.8 Å². The van der Waals surface area contributed by atoms with Crippen molar-refractivity contribution in [2.24, 2.45) is 0 Å². The van der Waals surface area contributed by atoms with Gasteiger partial charge in [-0.25, -0.2) is 0 Å². The van der Waals surface area contributed by atoms with Gasteiger partial charge in [-0.1, -0.05) is 97.1 Å². The summed E-state index contributed by atoms with van der Waals surface area (Å²) in [6.07, 6.45) is 0. The van der Waals surface area contributed by atoms with Crippen molar-refractivity contribution in [1.29, 1.82) is 0 Å². The lowest BCUT2D eigenvalue weighted by atomic mass is 9.72. The van der Waals surface area contributed by atoms with Gasteiger partial charge in [0.1, 0.15) is 46.0 Å². The fraction of sp³-hybridized carbons (Fsp3) is 0.0928. The van der Waals surface area contributed by atoms with Crippen LogP contribution in [0.25, 0.3) is 61.3 Å². The van der Waals surface area contributed by atoms with Gasteiger partial charge in [-0.15, -0.1) is 45.3 Å². The number of methoxy groups -OCH3 is 8. The molecule has 0 fully saturated rings. The molecule has 556 valence electrons. The Kier molecular flexibility index (Phi) is 19.3. The molecule has 1 spiro atoms. The van der Waals surface area contributed by atoms with Crippen LogP contribution in [0.1, 0.15) is 22.3 Å². The Labute approximate surface area is 673 Å². The van der Waals surface area contributed by atoms with Gasteiger partial charge in [0.15, 0.2) is 0 Å². The van der Waals surface area contributed by atoms with Crippen LogP contribution in [0.3, 0.4) is 0 Å². The van der Waals surface area contributed by atoms with Crippen LogP contribution in [0.15, 0.2) is 315 Å². The third kappa shape index (κ3) is 12.7. The Balaban J connectivity index is 0.814. The average Bonchev–Trinajstić information content (AvgIpc) is 1.49. The first-order valence-corrected chi connectivity index (χ1v) is 40.2. The van der Waals surface area contributed by atoms with E-state index in [0.717, 1.165) is 136 Å². The van der Waals surface area contributed by atoms with Crippen LogP contribution in [0.5, 0.6) is 46.0 Å². The van der Waals surface area contributed by atoms with Crippen LogP contribution in [-0.2, 0) is 5.41 Å². The number of rotatable bonds is 24. The minimum atomic E-state index is -0.726. The van der Waals surface area contributed by atoms with E-state index >= 15 is 0 Å². The van der Waals surface area contributed by atoms with Crippen LogP contribution in [0.4, 0.5) is 68.2 Å². The molecule has 113 heavy (non-hydrogen) atoms. The number of hydrogen-bond acceptors (Lipinski definition) is 16. The van der Waals surface area contributed by atoms with Gasteiger partial charge in [-0.05, 0) is 263 Å². The maximum Gasteiger partial charge on any atom is 0.142 e. The first kappa shape index (κ1) is 71.6. The lowest BCUT2D eigenvalue weighted by molar-refractivity contribution is 0.412. The minimum Gasteiger partial charge on any atom is -0.497 e. The maximum absolute atomic E-state index is 6.05. The van der Waals surface area contributed by atoms with Gasteiger partial charge in [0, 0.05) is 65.0 Å². The number of fused-ring (bicyclic) bond motifs is 10. The van der Waals surface area contributed by atoms with E-state index in [1.54, 1.807) is 56.9 Å². The number of para-hydroxylation sites is 8. The Morgan fingerprint density at radius 3 is 0.584 bits per heavy atom. The molecule has 2 aliphatic carbocycles. The highest BCUT2D eigenvalue weighted by molar-refractivity contribution is 7.27. The van der Waals surface area contributed by atoms with E-state index in [-0.39, 0.29) is 0 Å². The number of benzene rings is 12. The summed E-state index contributed by atoms with van der Waals surface area (Å²) in [6.45, 7) is 0. The molecule has 2 aliphatic rings. The lowest BCUT2D eigenvalue weighted by Gasteiger charge is -2.28. The van der Waals surface area contributed by atoms with E-state index < -0.39 is 5.41 Å². The number of hydrogen-bond donors (Lipinski definition) is 0. The summed E-state index contributed by atoms with van der Waals surface area (Å²) < 4.78 is 46.7. The van der Waals surface area contributed by atoms with E-state index in [0.29, 0.717) is 0 Å². The van der Waals surface area contributed by atoms with Gasteiger partial charge < -0.3 is 57.5 Å². The van der Waals surface area contributed by atoms with Crippen LogP contribution in [0.2, 0.25) is 0 Å². The number of thiophene rings is 4. The zero-order chi connectivity index (χ0) is 76.8. The minimum absolute atomic E-state index is 0.726. The molecule has 0 radical (unpaired) electrons. The largest absolute Gasteiger partial charge is 0.497 e. The Bertz CT molecular complexity index is 5550. The van der Waals surface area contributed by atoms with Crippen molar-refractivity contribution in [3.8, 4) is 107 Å². The normalized spacial score (nSPS) is 12.0. The molecule has 18 rings (SSSR count). The van der Waals surface area contributed by atoms with E-state index in [9.17, 15) is 0 Å². The van der Waals surface area contributed by atoms with Crippen molar-refractivity contribution in [2.75, 3.05) is 76.5 Å². The van der Waals surface area contributed by atoms with Gasteiger partial charge >= 0.3 is 0 Å². The highest BCUT2D eigenvalue weighted by Crippen LogP contribution is 2.71. The molecule has 4 heterocycles. The SMILES string of the molecule is COc1ccc(N(c2ccc(OC)cc2)c2ccc(-c3cc4c(s3)-c3sc(-c5ccc(N(c6ccc(OC)cc6)c6ccc(OC)cc6)cc5)cc3C43c4cc(-c5ccc(N(c6ccccc6OC)c6ccccc6OC)cc5)sc4-c4sc(-c5ccc(N(c6ccccc6OC)c6ccccc6OC)cc5)cc43)cc2)cc1. The second-order valence-electron chi connectivity index (χ2n) is 27.2. The van der Waals surface area contributed by atoms with Crippen LogP contribution >= 0.6 is 45.3 Å². The highest BCUT2D eigenvalue weighted by Gasteiger charge is 2.56. The predicted octanol–water partition coefficient (Wildman–Crippen LogP) is 26.9. The Hall–Kier alpha value is -13.0. The molecule has 16 aromatic rings. The molecule has 0 bridgehead atoms. The number of anilines is 12. The van der Waals surface area contributed by atoms with Crippen molar-refractivity contribution in [3.63, 3.8) is 0 Å². The molecule has 0 N–H and O–H groups in total. The summed E-state index contributed by atoms with van der Waals surface area (Å²) in [5, 5.41) is 0. The molecule has 0 atom stereocenters. The predicted molar refractivity (Wildman–Crippen MR) is 467 cm³/mol. The fourth-order valence-electron chi connectivity index (χ4n) is 15.8. The van der Waals surface area contributed by atoms with E-state index in [2.05, 4.69) is 214 Å². The Morgan fingerprint density at radius 1 is 0.204 bits per heavy atom. The third-order valence-corrected chi connectivity index (χ3v) is 26.3. The van der Waals surface area contributed by atoms with Gasteiger partial charge in [0.05, 0.1) is 105 Å². The molecule has 12 nitrogen and oxygen atoms in total. The van der Waals surface area contributed by atoms with Crippen molar-refractivity contribution in [1.82, 2.24) is 0 Å². The van der Waals surface area contributed by atoms with Crippen molar-refractivity contribution < 1.29 is 37.9 Å². The first-order valence-electron chi connectivity index (χ1n) is 36.9. The molecule has 0 unspecified atom stereocenters. The zero-order valence-corrected chi connectivity index (χ0v) is 66.5. The summed E-state index contributed by atoms with van der Waals surface area (Å²) >= 11 is 7.52. The van der Waals surface area contributed by atoms with Crippen LogP contribution < -0.4 is 57.5 Å². The molecule has 0 aliphatic heterocycles. The molecule has 12 aromatic carbocycles. The fourth-order valence-corrected chi connectivity index (χ4v) is 21.0. The smallest absolute Gasteiger partial charge is 0.142 e. The molecular formula is C97H76N4O8S4. The summed E-state index contributed by atoms with van der Waals surface area (Å²) in [6, 6.07) is 111. The number of ether oxygens (including phenoxy) is 8. The molecule has 16 heteroatoms. The molecule has 0 saturated carbocycles. The quantitative estimate of drug-likeness (QED) is 0.0577. The third-order valence-electron chi connectivity index (χ3n) is 21.2. The monoisotopic (exact) mass is 1550 g/mol. The van der Waals surface area contributed by atoms with Gasteiger partial charge in [-0.2, -0.15) is 0 Å². The summed E-state index contributed by atoms with van der Waals surface area (Å²) in [5.74, 6) is 6.13. The van der Waals surface area contributed by atoms with Gasteiger partial charge in [-0.3, -0.25) is 0 Å². The zero-order valence-electron chi connectivity index (χ0n) is 63.2. The summed E-state index contributed by atoms with van der Waals surface area (Å²) in [5.41, 5.74) is 20.4.